The molecular formula is C11H13N3S. The zero-order valence-electron chi connectivity index (χ0n) is 8.47. The molecule has 0 amide bonds. The largest absolute Gasteiger partial charge is 0.375 e. The highest BCUT2D eigenvalue weighted by atomic mass is 32.1. The first kappa shape index (κ1) is 10.1. The molecule has 15 heavy (non-hydrogen) atoms. The third-order valence-electron chi connectivity index (χ3n) is 2.17. The van der Waals surface area contributed by atoms with Crippen molar-refractivity contribution in [3.8, 4) is 0 Å². The number of anilines is 1. The maximum absolute atomic E-state index is 5.97. The fourth-order valence-corrected chi connectivity index (χ4v) is 1.90. The SMILES string of the molecule is CC1(N)C=CC=C(c2csc(N)n2)C=C1. The van der Waals surface area contributed by atoms with Gasteiger partial charge in [-0.2, -0.15) is 0 Å². The van der Waals surface area contributed by atoms with E-state index in [1.54, 1.807) is 0 Å². The van der Waals surface area contributed by atoms with Crippen LogP contribution in [0.2, 0.25) is 0 Å². The number of allylic oxidation sites excluding steroid dienone is 4. The molecule has 1 unspecified atom stereocenters. The summed E-state index contributed by atoms with van der Waals surface area (Å²) in [5, 5.41) is 2.53. The van der Waals surface area contributed by atoms with Gasteiger partial charge in [0.1, 0.15) is 0 Å². The zero-order chi connectivity index (χ0) is 10.9. The molecule has 1 aliphatic carbocycles. The molecule has 0 saturated carbocycles. The molecule has 1 atom stereocenters. The molecular weight excluding hydrogens is 206 g/mol. The summed E-state index contributed by atoms with van der Waals surface area (Å²) in [4.78, 5) is 4.23. The third-order valence-corrected chi connectivity index (χ3v) is 2.84. The number of nitrogens with two attached hydrogens (primary N) is 2. The topological polar surface area (TPSA) is 64.9 Å². The van der Waals surface area contributed by atoms with Crippen LogP contribution in [0.4, 0.5) is 5.13 Å². The highest BCUT2D eigenvalue weighted by molar-refractivity contribution is 7.13. The Morgan fingerprint density at radius 2 is 2.20 bits per heavy atom. The summed E-state index contributed by atoms with van der Waals surface area (Å²) >= 11 is 1.44. The van der Waals surface area contributed by atoms with Crippen molar-refractivity contribution in [2.75, 3.05) is 5.73 Å². The Kier molecular flexibility index (Phi) is 2.46. The minimum Gasteiger partial charge on any atom is -0.375 e. The maximum Gasteiger partial charge on any atom is 0.180 e. The summed E-state index contributed by atoms with van der Waals surface area (Å²) in [6.07, 6.45) is 9.83. The van der Waals surface area contributed by atoms with Gasteiger partial charge in [0.25, 0.3) is 0 Å². The first-order valence-electron chi connectivity index (χ1n) is 4.66. The van der Waals surface area contributed by atoms with E-state index in [0.717, 1.165) is 11.3 Å². The number of hydrogen-bond acceptors (Lipinski definition) is 4. The molecule has 0 fully saturated rings. The predicted molar refractivity (Wildman–Crippen MR) is 65.4 cm³/mol. The van der Waals surface area contributed by atoms with E-state index < -0.39 is 0 Å². The van der Waals surface area contributed by atoms with Crippen molar-refractivity contribution in [3.05, 3.63) is 41.5 Å². The van der Waals surface area contributed by atoms with Gasteiger partial charge in [-0.25, -0.2) is 4.98 Å². The summed E-state index contributed by atoms with van der Waals surface area (Å²) in [7, 11) is 0. The minimum atomic E-state index is -0.389. The lowest BCUT2D eigenvalue weighted by Gasteiger charge is -2.12. The van der Waals surface area contributed by atoms with Crippen molar-refractivity contribution >= 4 is 22.0 Å². The third kappa shape index (κ3) is 2.34. The highest BCUT2D eigenvalue weighted by Gasteiger charge is 2.12. The van der Waals surface area contributed by atoms with Crippen LogP contribution in [0.5, 0.6) is 0 Å². The molecule has 1 aromatic heterocycles. The van der Waals surface area contributed by atoms with Crippen molar-refractivity contribution in [1.29, 1.82) is 0 Å². The lowest BCUT2D eigenvalue weighted by Crippen LogP contribution is -2.30. The van der Waals surface area contributed by atoms with Gasteiger partial charge in [-0.15, -0.1) is 11.3 Å². The maximum atomic E-state index is 5.97. The Balaban J connectivity index is 2.33. The van der Waals surface area contributed by atoms with E-state index >= 15 is 0 Å². The number of nitrogens with zero attached hydrogens (tertiary/aromatic N) is 1. The molecule has 4 N–H and O–H groups in total. The molecule has 1 heterocycles. The van der Waals surface area contributed by atoms with E-state index in [-0.39, 0.29) is 5.54 Å². The molecule has 1 aromatic rings. The number of hydrogen-bond donors (Lipinski definition) is 2. The average Bonchev–Trinajstić information content (AvgIpc) is 2.49. The van der Waals surface area contributed by atoms with E-state index in [9.17, 15) is 0 Å². The van der Waals surface area contributed by atoms with Crippen LogP contribution >= 0.6 is 11.3 Å². The van der Waals surface area contributed by atoms with E-state index in [4.69, 9.17) is 11.5 Å². The van der Waals surface area contributed by atoms with Gasteiger partial charge in [-0.1, -0.05) is 30.4 Å². The number of aromatic nitrogens is 1. The molecule has 78 valence electrons. The molecule has 3 nitrogen and oxygen atoms in total. The fourth-order valence-electron chi connectivity index (χ4n) is 1.33. The smallest absolute Gasteiger partial charge is 0.180 e. The number of rotatable bonds is 1. The van der Waals surface area contributed by atoms with Crippen LogP contribution < -0.4 is 11.5 Å². The van der Waals surface area contributed by atoms with Gasteiger partial charge >= 0.3 is 0 Å². The quantitative estimate of drug-likeness (QED) is 0.758. The Morgan fingerprint density at radius 3 is 2.87 bits per heavy atom. The summed E-state index contributed by atoms with van der Waals surface area (Å²) in [6, 6.07) is 0. The van der Waals surface area contributed by atoms with Crippen molar-refractivity contribution in [2.45, 2.75) is 12.5 Å². The summed E-state index contributed by atoms with van der Waals surface area (Å²) in [6.45, 7) is 1.95. The minimum absolute atomic E-state index is 0.389. The first-order chi connectivity index (χ1) is 7.07. The van der Waals surface area contributed by atoms with Crippen LogP contribution in [0.25, 0.3) is 5.57 Å². The van der Waals surface area contributed by atoms with E-state index in [1.165, 1.54) is 11.3 Å². The van der Waals surface area contributed by atoms with Crippen LogP contribution in [-0.2, 0) is 0 Å². The normalized spacial score (nSPS) is 25.1. The zero-order valence-corrected chi connectivity index (χ0v) is 9.29. The van der Waals surface area contributed by atoms with Gasteiger partial charge < -0.3 is 11.5 Å². The second kappa shape index (κ2) is 3.64. The Labute approximate surface area is 92.8 Å². The van der Waals surface area contributed by atoms with E-state index in [0.29, 0.717) is 5.13 Å². The lowest BCUT2D eigenvalue weighted by atomic mass is 10.0. The van der Waals surface area contributed by atoms with Gasteiger partial charge in [-0.05, 0) is 6.92 Å². The molecule has 0 saturated heterocycles. The van der Waals surface area contributed by atoms with Crippen LogP contribution in [0.3, 0.4) is 0 Å². The van der Waals surface area contributed by atoms with Gasteiger partial charge in [0.05, 0.1) is 11.2 Å². The van der Waals surface area contributed by atoms with Crippen molar-refractivity contribution in [1.82, 2.24) is 4.98 Å². The molecule has 0 bridgehead atoms. The van der Waals surface area contributed by atoms with Crippen LogP contribution in [-0.4, -0.2) is 10.5 Å². The molecule has 4 heteroatoms. The highest BCUT2D eigenvalue weighted by Crippen LogP contribution is 2.23. The van der Waals surface area contributed by atoms with E-state index in [1.807, 2.05) is 42.7 Å². The van der Waals surface area contributed by atoms with Crippen LogP contribution in [0.1, 0.15) is 12.6 Å². The van der Waals surface area contributed by atoms with Gasteiger partial charge in [-0.3, -0.25) is 0 Å². The second-order valence-electron chi connectivity index (χ2n) is 3.75. The van der Waals surface area contributed by atoms with Gasteiger partial charge in [0, 0.05) is 11.0 Å². The molecule has 0 aromatic carbocycles. The Morgan fingerprint density at radius 1 is 1.40 bits per heavy atom. The predicted octanol–water partition coefficient (Wildman–Crippen LogP) is 1.95. The molecule has 0 spiro atoms. The first-order valence-corrected chi connectivity index (χ1v) is 5.54. The lowest BCUT2D eigenvalue weighted by molar-refractivity contribution is 0.736. The summed E-state index contributed by atoms with van der Waals surface area (Å²) < 4.78 is 0. The van der Waals surface area contributed by atoms with Crippen molar-refractivity contribution < 1.29 is 0 Å². The van der Waals surface area contributed by atoms with Crippen molar-refractivity contribution in [2.24, 2.45) is 5.73 Å². The number of thiazole rings is 1. The molecule has 1 aliphatic rings. The Hall–Kier alpha value is -1.39. The molecule has 0 aliphatic heterocycles. The molecule has 0 radical (unpaired) electrons. The summed E-state index contributed by atoms with van der Waals surface area (Å²) in [5.41, 5.74) is 13.1. The standard InChI is InChI=1S/C11H13N3S/c1-11(13)5-2-3-8(4-6-11)9-7-15-10(12)14-9/h2-7H,13H2,1H3,(H2,12,14). The average molecular weight is 219 g/mol. The van der Waals surface area contributed by atoms with Gasteiger partial charge in [0.2, 0.25) is 0 Å². The van der Waals surface area contributed by atoms with E-state index in [2.05, 4.69) is 4.98 Å². The monoisotopic (exact) mass is 219 g/mol. The van der Waals surface area contributed by atoms with Crippen molar-refractivity contribution in [3.63, 3.8) is 0 Å². The Bertz CT molecular complexity index is 452. The van der Waals surface area contributed by atoms with Crippen LogP contribution in [0.15, 0.2) is 35.8 Å². The second-order valence-corrected chi connectivity index (χ2v) is 4.64. The van der Waals surface area contributed by atoms with Crippen LogP contribution in [0, 0.1) is 0 Å². The molecule has 2 rings (SSSR count). The number of nitrogen functional groups attached to an aromatic ring is 1. The fraction of sp³-hybridized carbons (Fsp3) is 0.182. The van der Waals surface area contributed by atoms with Gasteiger partial charge in [0.15, 0.2) is 5.13 Å². The summed E-state index contributed by atoms with van der Waals surface area (Å²) in [5.74, 6) is 0.